The van der Waals surface area contributed by atoms with Gasteiger partial charge in [-0.1, -0.05) is 35.3 Å². The Morgan fingerprint density at radius 3 is 2.47 bits per heavy atom. The van der Waals surface area contributed by atoms with Crippen molar-refractivity contribution in [2.24, 2.45) is 0 Å². The van der Waals surface area contributed by atoms with Crippen LogP contribution in [0.25, 0.3) is 22.2 Å². The van der Waals surface area contributed by atoms with Crippen molar-refractivity contribution in [2.75, 3.05) is 43.4 Å². The maximum absolute atomic E-state index is 13.6. The zero-order chi connectivity index (χ0) is 26.6. The van der Waals surface area contributed by atoms with E-state index in [-0.39, 0.29) is 5.56 Å². The summed E-state index contributed by atoms with van der Waals surface area (Å²) in [5.41, 5.74) is 5.02. The van der Waals surface area contributed by atoms with Gasteiger partial charge >= 0.3 is 0 Å². The van der Waals surface area contributed by atoms with Crippen molar-refractivity contribution >= 4 is 57.1 Å². The smallest absolute Gasteiger partial charge is 0.281 e. The van der Waals surface area contributed by atoms with Gasteiger partial charge < -0.3 is 15.1 Å². The summed E-state index contributed by atoms with van der Waals surface area (Å²) in [6.45, 7) is 7.83. The van der Waals surface area contributed by atoms with Crippen molar-refractivity contribution in [1.29, 1.82) is 0 Å². The number of benzene rings is 2. The van der Waals surface area contributed by atoms with Crippen molar-refractivity contribution in [2.45, 2.75) is 13.8 Å². The summed E-state index contributed by atoms with van der Waals surface area (Å²) in [5, 5.41) is 4.73. The van der Waals surface area contributed by atoms with Crippen LogP contribution >= 0.6 is 23.2 Å². The monoisotopic (exact) mass is 548 g/mol. The zero-order valence-corrected chi connectivity index (χ0v) is 22.8. The molecule has 2 aromatic carbocycles. The number of fused-ring (bicyclic) bond motifs is 3. The number of aromatic nitrogens is 5. The highest BCUT2D eigenvalue weighted by Gasteiger charge is 2.21. The number of aryl methyl sites for hydroxylation is 2. The fourth-order valence-corrected chi connectivity index (χ4v) is 5.77. The highest BCUT2D eigenvalue weighted by atomic mass is 35.5. The van der Waals surface area contributed by atoms with Gasteiger partial charge in [0.25, 0.3) is 5.56 Å². The lowest BCUT2D eigenvalue weighted by atomic mass is 10.1. The average molecular weight is 549 g/mol. The molecule has 9 nitrogen and oxygen atoms in total. The second-order valence-corrected chi connectivity index (χ2v) is 10.4. The molecular formula is C27H26Cl2N8O. The number of nitrogens with zero attached hydrogens (tertiary/aromatic N) is 7. The first kappa shape index (κ1) is 24.7. The predicted molar refractivity (Wildman–Crippen MR) is 153 cm³/mol. The molecule has 6 rings (SSSR count). The molecule has 1 N–H and O–H groups in total. The van der Waals surface area contributed by atoms with Crippen LogP contribution in [0.15, 0.2) is 53.7 Å². The van der Waals surface area contributed by atoms with E-state index in [0.717, 1.165) is 48.7 Å². The van der Waals surface area contributed by atoms with E-state index in [1.807, 2.05) is 31.2 Å². The molecule has 0 atom stereocenters. The third kappa shape index (κ3) is 4.16. The van der Waals surface area contributed by atoms with Crippen LogP contribution in [-0.2, 0) is 0 Å². The summed E-state index contributed by atoms with van der Waals surface area (Å²) in [6, 6.07) is 9.45. The minimum Gasteiger partial charge on any atom is -0.368 e. The Hall–Kier alpha value is -3.66. The molecule has 0 bridgehead atoms. The van der Waals surface area contributed by atoms with Crippen molar-refractivity contribution < 1.29 is 0 Å². The van der Waals surface area contributed by atoms with Crippen LogP contribution in [0.4, 0.5) is 17.3 Å². The maximum atomic E-state index is 13.6. The Balaban J connectivity index is 1.40. The summed E-state index contributed by atoms with van der Waals surface area (Å²) < 4.78 is 3.18. The Kier molecular flexibility index (Phi) is 6.22. The second-order valence-electron chi connectivity index (χ2n) is 9.61. The summed E-state index contributed by atoms with van der Waals surface area (Å²) >= 11 is 13.3. The summed E-state index contributed by atoms with van der Waals surface area (Å²) in [6.07, 6.45) is 4.87. The van der Waals surface area contributed by atoms with Crippen LogP contribution in [0, 0.1) is 13.8 Å². The first-order valence-electron chi connectivity index (χ1n) is 12.3. The van der Waals surface area contributed by atoms with Gasteiger partial charge in [-0.3, -0.25) is 4.79 Å². The molecule has 0 spiro atoms. The summed E-state index contributed by atoms with van der Waals surface area (Å²) in [5.74, 6) is 0.344. The first-order chi connectivity index (χ1) is 18.3. The van der Waals surface area contributed by atoms with Crippen molar-refractivity contribution in [3.63, 3.8) is 0 Å². The second kappa shape index (κ2) is 9.58. The quantitative estimate of drug-likeness (QED) is 0.343. The lowest BCUT2D eigenvalue weighted by Gasteiger charge is -2.35. The molecule has 0 aliphatic carbocycles. The fourth-order valence-electron chi connectivity index (χ4n) is 5.08. The molecule has 0 amide bonds. The predicted octanol–water partition coefficient (Wildman–Crippen LogP) is 4.85. The van der Waals surface area contributed by atoms with E-state index in [1.165, 1.54) is 10.9 Å². The van der Waals surface area contributed by atoms with Gasteiger partial charge in [0.05, 0.1) is 26.8 Å². The van der Waals surface area contributed by atoms with E-state index >= 15 is 0 Å². The fraction of sp³-hybridized carbons (Fsp3) is 0.259. The number of anilines is 3. The number of piperazine rings is 1. The van der Waals surface area contributed by atoms with Crippen molar-refractivity contribution in [1.82, 2.24) is 29.0 Å². The SMILES string of the molecule is Cc1cc(Nc2ncc3c(=O)n(-c4c(C)cccc4Cl)n4ccnc4c3n2)cc(Cl)c1N1CCN(C)CC1. The molecule has 0 saturated carbocycles. The van der Waals surface area contributed by atoms with Gasteiger partial charge in [-0.05, 0) is 50.2 Å². The van der Waals surface area contributed by atoms with Crippen LogP contribution in [-0.4, -0.2) is 62.3 Å². The summed E-state index contributed by atoms with van der Waals surface area (Å²) in [7, 11) is 2.13. The van der Waals surface area contributed by atoms with E-state index in [0.29, 0.717) is 38.2 Å². The van der Waals surface area contributed by atoms with Crippen LogP contribution in [0.5, 0.6) is 0 Å². The van der Waals surface area contributed by atoms with E-state index < -0.39 is 0 Å². The lowest BCUT2D eigenvalue weighted by molar-refractivity contribution is 0.312. The number of para-hydroxylation sites is 1. The Morgan fingerprint density at radius 1 is 0.947 bits per heavy atom. The minimum atomic E-state index is -0.288. The van der Waals surface area contributed by atoms with Gasteiger partial charge in [0.15, 0.2) is 5.65 Å². The molecule has 4 heterocycles. The van der Waals surface area contributed by atoms with Gasteiger partial charge in [0, 0.05) is 50.5 Å². The first-order valence-corrected chi connectivity index (χ1v) is 13.1. The standard InChI is InChI=1S/C27H26Cl2N8O/c1-16-5-4-6-20(28)24(16)37-26(38)19-15-31-27(33-22(19)25-30-7-8-36(25)37)32-18-13-17(2)23(21(29)14-18)35-11-9-34(3)10-12-35/h4-8,13-15H,9-12H2,1-3H3,(H,31,32,33). The topological polar surface area (TPSA) is 83.6 Å². The Labute approximate surface area is 229 Å². The van der Waals surface area contributed by atoms with E-state index in [1.54, 1.807) is 23.0 Å². The summed E-state index contributed by atoms with van der Waals surface area (Å²) in [4.78, 5) is 31.9. The number of imidazole rings is 1. The number of halogens is 2. The molecule has 3 aromatic heterocycles. The molecule has 1 aliphatic heterocycles. The van der Waals surface area contributed by atoms with Gasteiger partial charge in [-0.25, -0.2) is 24.1 Å². The normalized spacial score (nSPS) is 14.5. The number of rotatable bonds is 4. The Morgan fingerprint density at radius 2 is 1.74 bits per heavy atom. The van der Waals surface area contributed by atoms with Crippen LogP contribution in [0.3, 0.4) is 0 Å². The largest absolute Gasteiger partial charge is 0.368 e. The van der Waals surface area contributed by atoms with E-state index in [4.69, 9.17) is 23.2 Å². The molecule has 38 heavy (non-hydrogen) atoms. The van der Waals surface area contributed by atoms with Gasteiger partial charge in [0.2, 0.25) is 5.95 Å². The zero-order valence-electron chi connectivity index (χ0n) is 21.2. The molecular weight excluding hydrogens is 523 g/mol. The van der Waals surface area contributed by atoms with E-state index in [2.05, 4.69) is 44.0 Å². The molecule has 11 heteroatoms. The molecule has 5 aromatic rings. The van der Waals surface area contributed by atoms with Crippen molar-refractivity contribution in [3.8, 4) is 5.69 Å². The number of hydrogen-bond acceptors (Lipinski definition) is 7. The van der Waals surface area contributed by atoms with Crippen molar-refractivity contribution in [3.05, 3.63) is 80.4 Å². The molecule has 0 radical (unpaired) electrons. The molecule has 1 fully saturated rings. The lowest BCUT2D eigenvalue weighted by Crippen LogP contribution is -2.44. The average Bonchev–Trinajstić information content (AvgIpc) is 3.36. The highest BCUT2D eigenvalue weighted by molar-refractivity contribution is 6.34. The van der Waals surface area contributed by atoms with Crippen LogP contribution in [0.1, 0.15) is 11.1 Å². The van der Waals surface area contributed by atoms with Gasteiger partial charge in [0.1, 0.15) is 5.52 Å². The van der Waals surface area contributed by atoms with Gasteiger partial charge in [-0.15, -0.1) is 0 Å². The minimum absolute atomic E-state index is 0.288. The highest BCUT2D eigenvalue weighted by Crippen LogP contribution is 2.34. The third-order valence-electron chi connectivity index (χ3n) is 6.99. The molecule has 1 aliphatic rings. The van der Waals surface area contributed by atoms with Crippen LogP contribution < -0.4 is 15.8 Å². The Bertz CT molecular complexity index is 1710. The van der Waals surface area contributed by atoms with Crippen LogP contribution in [0.2, 0.25) is 10.0 Å². The van der Waals surface area contributed by atoms with E-state index in [9.17, 15) is 4.79 Å². The van der Waals surface area contributed by atoms with Gasteiger partial charge in [-0.2, -0.15) is 0 Å². The number of hydrogen-bond donors (Lipinski definition) is 1. The third-order valence-corrected chi connectivity index (χ3v) is 7.58. The molecule has 1 saturated heterocycles. The molecule has 0 unspecified atom stereocenters. The maximum Gasteiger partial charge on any atom is 0.281 e. The molecule has 194 valence electrons. The number of nitrogens with one attached hydrogen (secondary N) is 1. The number of likely N-dealkylation sites (N-methyl/N-ethyl adjacent to an activating group) is 1.